The molecule has 1 heterocycles. The van der Waals surface area contributed by atoms with Crippen molar-refractivity contribution in [3.63, 3.8) is 0 Å². The number of rotatable bonds is 4. The lowest BCUT2D eigenvalue weighted by Gasteiger charge is -2.03. The number of carbonyl (C=O) groups is 1. The summed E-state index contributed by atoms with van der Waals surface area (Å²) in [6.07, 6.45) is 0.626. The molecule has 0 saturated heterocycles. The average Bonchev–Trinajstić information content (AvgIpc) is 2.76. The molecule has 0 radical (unpaired) electrons. The number of benzene rings is 1. The number of aldehydes is 1. The number of hydrogen-bond donors (Lipinski definition) is 0. The van der Waals surface area contributed by atoms with E-state index >= 15 is 0 Å². The van der Waals surface area contributed by atoms with Gasteiger partial charge in [-0.1, -0.05) is 0 Å². The number of furan rings is 1. The Bertz CT molecular complexity index is 473. The molecule has 1 aromatic heterocycles. The van der Waals surface area contributed by atoms with Crippen LogP contribution in [0.1, 0.15) is 16.3 Å². The fourth-order valence-electron chi connectivity index (χ4n) is 1.22. The normalized spacial score (nSPS) is 10.1. The smallest absolute Gasteiger partial charge is 0.185 e. The number of hydrogen-bond acceptors (Lipinski definition) is 3. The van der Waals surface area contributed by atoms with Gasteiger partial charge in [0.05, 0.1) is 0 Å². The van der Waals surface area contributed by atoms with Gasteiger partial charge < -0.3 is 9.15 Å². The summed E-state index contributed by atoms with van der Waals surface area (Å²) in [7, 11) is 0. The van der Waals surface area contributed by atoms with Crippen molar-refractivity contribution in [2.75, 3.05) is 0 Å². The molecule has 0 bridgehead atoms. The Morgan fingerprint density at radius 3 is 2.56 bits per heavy atom. The summed E-state index contributed by atoms with van der Waals surface area (Å²) in [6.45, 7) is 0.208. The highest BCUT2D eigenvalue weighted by molar-refractivity contribution is 5.70. The van der Waals surface area contributed by atoms with Gasteiger partial charge >= 0.3 is 0 Å². The van der Waals surface area contributed by atoms with E-state index in [9.17, 15) is 9.18 Å². The first-order valence-electron chi connectivity index (χ1n) is 4.70. The standard InChI is InChI=1S/C12H9FO3/c13-9-1-3-10(4-2-9)15-8-12-6-5-11(7-14)16-12/h1-7H,8H2. The lowest BCUT2D eigenvalue weighted by atomic mass is 10.3. The fourth-order valence-corrected chi connectivity index (χ4v) is 1.22. The average molecular weight is 220 g/mol. The fraction of sp³-hybridized carbons (Fsp3) is 0.0833. The Morgan fingerprint density at radius 1 is 1.19 bits per heavy atom. The lowest BCUT2D eigenvalue weighted by molar-refractivity contribution is 0.109. The Hall–Kier alpha value is -2.10. The van der Waals surface area contributed by atoms with Crippen molar-refractivity contribution in [2.24, 2.45) is 0 Å². The summed E-state index contributed by atoms with van der Waals surface area (Å²) in [6, 6.07) is 8.91. The van der Waals surface area contributed by atoms with Crippen LogP contribution in [-0.4, -0.2) is 6.29 Å². The predicted octanol–water partition coefficient (Wildman–Crippen LogP) is 2.81. The first-order valence-corrected chi connectivity index (χ1v) is 4.70. The highest BCUT2D eigenvalue weighted by Crippen LogP contribution is 2.14. The third kappa shape index (κ3) is 2.48. The Morgan fingerprint density at radius 2 is 1.94 bits per heavy atom. The summed E-state index contributed by atoms with van der Waals surface area (Å²) in [5, 5.41) is 0. The van der Waals surface area contributed by atoms with Crippen LogP contribution in [0.5, 0.6) is 5.75 Å². The number of ether oxygens (including phenoxy) is 1. The molecule has 0 aliphatic carbocycles. The SMILES string of the molecule is O=Cc1ccc(COc2ccc(F)cc2)o1. The van der Waals surface area contributed by atoms with Crippen LogP contribution in [0.15, 0.2) is 40.8 Å². The Balaban J connectivity index is 1.96. The minimum atomic E-state index is -0.311. The van der Waals surface area contributed by atoms with E-state index in [1.54, 1.807) is 12.1 Å². The lowest BCUT2D eigenvalue weighted by Crippen LogP contribution is -1.93. The number of halogens is 1. The largest absolute Gasteiger partial charge is 0.486 e. The molecule has 16 heavy (non-hydrogen) atoms. The van der Waals surface area contributed by atoms with Gasteiger partial charge in [-0.25, -0.2) is 4.39 Å². The van der Waals surface area contributed by atoms with E-state index in [2.05, 4.69) is 0 Å². The molecular weight excluding hydrogens is 211 g/mol. The Kier molecular flexibility index (Phi) is 3.00. The van der Waals surface area contributed by atoms with Gasteiger partial charge in [0.2, 0.25) is 0 Å². The van der Waals surface area contributed by atoms with Crippen LogP contribution in [0.2, 0.25) is 0 Å². The summed E-state index contributed by atoms with van der Waals surface area (Å²) in [4.78, 5) is 10.4. The van der Waals surface area contributed by atoms with Crippen LogP contribution >= 0.6 is 0 Å². The minimum Gasteiger partial charge on any atom is -0.486 e. The first kappa shape index (κ1) is 10.4. The zero-order chi connectivity index (χ0) is 11.4. The number of carbonyl (C=O) groups excluding carboxylic acids is 1. The molecule has 0 spiro atoms. The van der Waals surface area contributed by atoms with E-state index in [0.717, 1.165) is 0 Å². The maximum atomic E-state index is 12.6. The van der Waals surface area contributed by atoms with Gasteiger partial charge in [0, 0.05) is 0 Å². The van der Waals surface area contributed by atoms with Crippen molar-refractivity contribution in [3.05, 3.63) is 53.7 Å². The van der Waals surface area contributed by atoms with Gasteiger partial charge in [-0.3, -0.25) is 4.79 Å². The monoisotopic (exact) mass is 220 g/mol. The molecule has 0 unspecified atom stereocenters. The second kappa shape index (κ2) is 4.61. The highest BCUT2D eigenvalue weighted by atomic mass is 19.1. The first-order chi connectivity index (χ1) is 7.78. The topological polar surface area (TPSA) is 39.4 Å². The molecule has 0 amide bonds. The van der Waals surface area contributed by atoms with Gasteiger partial charge in [-0.15, -0.1) is 0 Å². The van der Waals surface area contributed by atoms with Crippen LogP contribution in [0.3, 0.4) is 0 Å². The van der Waals surface area contributed by atoms with Crippen LogP contribution in [0, 0.1) is 5.82 Å². The van der Waals surface area contributed by atoms with E-state index in [0.29, 0.717) is 17.8 Å². The molecule has 0 saturated carbocycles. The van der Waals surface area contributed by atoms with Crippen molar-refractivity contribution in [3.8, 4) is 5.75 Å². The van der Waals surface area contributed by atoms with E-state index in [1.807, 2.05) is 0 Å². The molecule has 0 fully saturated rings. The molecular formula is C12H9FO3. The quantitative estimate of drug-likeness (QED) is 0.744. The van der Waals surface area contributed by atoms with Crippen LogP contribution < -0.4 is 4.74 Å². The third-order valence-electron chi connectivity index (χ3n) is 1.99. The van der Waals surface area contributed by atoms with E-state index in [4.69, 9.17) is 9.15 Å². The summed E-state index contributed by atoms with van der Waals surface area (Å²) < 4.78 is 23.0. The molecule has 0 aliphatic heterocycles. The summed E-state index contributed by atoms with van der Waals surface area (Å²) in [5.74, 6) is 1.04. The molecule has 0 N–H and O–H groups in total. The molecule has 2 rings (SSSR count). The maximum Gasteiger partial charge on any atom is 0.185 e. The zero-order valence-corrected chi connectivity index (χ0v) is 8.35. The van der Waals surface area contributed by atoms with Crippen LogP contribution in [-0.2, 0) is 6.61 Å². The van der Waals surface area contributed by atoms with Crippen LogP contribution in [0.25, 0.3) is 0 Å². The second-order valence-corrected chi connectivity index (χ2v) is 3.16. The Labute approximate surface area is 91.5 Å². The third-order valence-corrected chi connectivity index (χ3v) is 1.99. The van der Waals surface area contributed by atoms with Crippen molar-refractivity contribution in [2.45, 2.75) is 6.61 Å². The molecule has 0 aliphatic rings. The predicted molar refractivity (Wildman–Crippen MR) is 54.8 cm³/mol. The van der Waals surface area contributed by atoms with E-state index < -0.39 is 0 Å². The molecule has 3 nitrogen and oxygen atoms in total. The molecule has 0 atom stereocenters. The molecule has 82 valence electrons. The molecule has 4 heteroatoms. The highest BCUT2D eigenvalue weighted by Gasteiger charge is 2.02. The van der Waals surface area contributed by atoms with E-state index in [-0.39, 0.29) is 18.2 Å². The van der Waals surface area contributed by atoms with Crippen molar-refractivity contribution < 1.29 is 18.3 Å². The summed E-state index contributed by atoms with van der Waals surface area (Å²) in [5.41, 5.74) is 0. The van der Waals surface area contributed by atoms with Gasteiger partial charge in [0.1, 0.15) is 23.9 Å². The molecule has 1 aromatic carbocycles. The van der Waals surface area contributed by atoms with E-state index in [1.165, 1.54) is 24.3 Å². The van der Waals surface area contributed by atoms with Gasteiger partial charge in [0.25, 0.3) is 0 Å². The maximum absolute atomic E-state index is 12.6. The second-order valence-electron chi connectivity index (χ2n) is 3.16. The van der Waals surface area contributed by atoms with Crippen molar-refractivity contribution in [1.29, 1.82) is 0 Å². The van der Waals surface area contributed by atoms with Gasteiger partial charge in [0.15, 0.2) is 12.0 Å². The summed E-state index contributed by atoms with van der Waals surface area (Å²) >= 11 is 0. The zero-order valence-electron chi connectivity index (χ0n) is 8.35. The van der Waals surface area contributed by atoms with Crippen molar-refractivity contribution >= 4 is 6.29 Å². The van der Waals surface area contributed by atoms with Gasteiger partial charge in [-0.05, 0) is 36.4 Å². The van der Waals surface area contributed by atoms with Crippen molar-refractivity contribution in [1.82, 2.24) is 0 Å². The van der Waals surface area contributed by atoms with Gasteiger partial charge in [-0.2, -0.15) is 0 Å². The minimum absolute atomic E-state index is 0.208. The molecule has 2 aromatic rings. The van der Waals surface area contributed by atoms with Crippen LogP contribution in [0.4, 0.5) is 4.39 Å².